The molecule has 0 unspecified atom stereocenters. The number of benzene rings is 6. The Morgan fingerprint density at radius 3 is 1.53 bits per heavy atom. The van der Waals surface area contributed by atoms with Gasteiger partial charge in [0.25, 0.3) is 6.33 Å². The number of imidazole rings is 1. The minimum Gasteiger partial charge on any atom is -0.458 e. The molecule has 0 radical (unpaired) electrons. The van der Waals surface area contributed by atoms with E-state index in [-0.39, 0.29) is 37.9 Å². The Labute approximate surface area is 449 Å². The quantitative estimate of drug-likeness (QED) is 0.107. The second-order valence-corrected chi connectivity index (χ2v) is 27.4. The highest BCUT2D eigenvalue weighted by Gasteiger charge is 2.36. The molecule has 0 fully saturated rings. The molecule has 6 aromatic carbocycles. The van der Waals surface area contributed by atoms with Gasteiger partial charge in [0.15, 0.2) is 0 Å². The van der Waals surface area contributed by atoms with Gasteiger partial charge in [0.1, 0.15) is 17.3 Å². The van der Waals surface area contributed by atoms with E-state index in [4.69, 9.17) is 9.72 Å². The van der Waals surface area contributed by atoms with Gasteiger partial charge in [-0.25, -0.2) is 4.98 Å². The van der Waals surface area contributed by atoms with Gasteiger partial charge < -0.3 is 4.74 Å². The van der Waals surface area contributed by atoms with Crippen molar-refractivity contribution < 1.29 is 9.30 Å². The van der Waals surface area contributed by atoms with E-state index in [0.29, 0.717) is 0 Å². The van der Waals surface area contributed by atoms with Gasteiger partial charge >= 0.3 is 0 Å². The molecule has 3 heterocycles. The lowest BCUT2D eigenvalue weighted by Gasteiger charge is -2.32. The van der Waals surface area contributed by atoms with Gasteiger partial charge in [-0.05, 0) is 133 Å². The van der Waals surface area contributed by atoms with Crippen LogP contribution in [0.25, 0.3) is 39.0 Å². The fourth-order valence-corrected chi connectivity index (χ4v) is 10.8. The minimum absolute atomic E-state index is 0.0120. The SMILES string of the molecule is CC(C)(C)c1cc(-[n+]2[c-]n(-c3cc(Oc4ccc5c6cc(C(C)(C)C)ccc6n(-c6cc(C(C)(C)C)ccn6)c5c4)cc(C(C)(C)c4ccccc4)c3)c(C(C)(C)C)c2C(C)(C)C)cc(C(C)(C)c2ccccc2)c1. The van der Waals surface area contributed by atoms with Gasteiger partial charge in [-0.15, -0.1) is 0 Å². The first-order valence-electron chi connectivity index (χ1n) is 27.1. The van der Waals surface area contributed by atoms with Crippen LogP contribution in [0.3, 0.4) is 0 Å². The van der Waals surface area contributed by atoms with E-state index in [2.05, 4.69) is 297 Å². The lowest BCUT2D eigenvalue weighted by Crippen LogP contribution is -2.41. The average Bonchev–Trinajstić information content (AvgIpc) is 3.92. The predicted molar refractivity (Wildman–Crippen MR) is 315 cm³/mol. The molecule has 9 rings (SSSR count). The molecule has 0 N–H and O–H groups in total. The number of hydrogen-bond acceptors (Lipinski definition) is 2. The zero-order chi connectivity index (χ0) is 54.4. The summed E-state index contributed by atoms with van der Waals surface area (Å²) in [5.41, 5.74) is 14.1. The summed E-state index contributed by atoms with van der Waals surface area (Å²) in [6, 6.07) is 53.7. The Kier molecular flexibility index (Phi) is 13.1. The predicted octanol–water partition coefficient (Wildman–Crippen LogP) is 18.0. The Balaban J connectivity index is 1.29. The second kappa shape index (κ2) is 18.5. The van der Waals surface area contributed by atoms with Crippen LogP contribution in [0.2, 0.25) is 0 Å². The van der Waals surface area contributed by atoms with E-state index < -0.39 is 0 Å². The second-order valence-electron chi connectivity index (χ2n) is 27.4. The summed E-state index contributed by atoms with van der Waals surface area (Å²) in [4.78, 5) is 5.03. The first-order chi connectivity index (χ1) is 34.8. The van der Waals surface area contributed by atoms with E-state index in [1.165, 1.54) is 50.2 Å². The van der Waals surface area contributed by atoms with E-state index in [0.717, 1.165) is 50.7 Å². The molecule has 5 heteroatoms. The van der Waals surface area contributed by atoms with Crippen LogP contribution < -0.4 is 9.30 Å². The molecular weight excluding hydrogens is 913 g/mol. The van der Waals surface area contributed by atoms with Crippen LogP contribution in [0.15, 0.2) is 152 Å². The summed E-state index contributed by atoms with van der Waals surface area (Å²) in [7, 11) is 0. The maximum Gasteiger partial charge on any atom is 0.269 e. The van der Waals surface area contributed by atoms with Crippen LogP contribution in [0.4, 0.5) is 0 Å². The number of fused-ring (bicyclic) bond motifs is 3. The molecule has 9 aromatic rings. The fourth-order valence-electron chi connectivity index (χ4n) is 10.8. The van der Waals surface area contributed by atoms with Crippen molar-refractivity contribution in [1.29, 1.82) is 0 Å². The van der Waals surface area contributed by atoms with Crippen molar-refractivity contribution in [3.8, 4) is 28.7 Å². The number of nitrogens with zero attached hydrogens (tertiary/aromatic N) is 4. The van der Waals surface area contributed by atoms with E-state index >= 15 is 0 Å². The molecular formula is C70H82N4O. The van der Waals surface area contributed by atoms with Crippen molar-refractivity contribution in [2.24, 2.45) is 0 Å². The fraction of sp³-hybridized carbons (Fsp3) is 0.371. The van der Waals surface area contributed by atoms with E-state index in [1.807, 2.05) is 6.20 Å². The van der Waals surface area contributed by atoms with Gasteiger partial charge in [0.05, 0.1) is 33.8 Å². The van der Waals surface area contributed by atoms with Crippen molar-refractivity contribution in [1.82, 2.24) is 14.1 Å². The van der Waals surface area contributed by atoms with Crippen LogP contribution in [0.1, 0.15) is 182 Å². The molecule has 0 spiro atoms. The molecule has 0 aliphatic rings. The first kappa shape index (κ1) is 53.1. The molecule has 0 bridgehead atoms. The van der Waals surface area contributed by atoms with E-state index in [1.54, 1.807) is 0 Å². The highest BCUT2D eigenvalue weighted by atomic mass is 16.5. The van der Waals surface area contributed by atoms with Gasteiger partial charge in [-0.1, -0.05) is 204 Å². The summed E-state index contributed by atoms with van der Waals surface area (Å²) < 4.78 is 14.3. The number of rotatable bonds is 9. The largest absolute Gasteiger partial charge is 0.458 e. The van der Waals surface area contributed by atoms with Gasteiger partial charge in [-0.2, -0.15) is 0 Å². The Bertz CT molecular complexity index is 3570. The monoisotopic (exact) mass is 995 g/mol. The Hall–Kier alpha value is -6.72. The van der Waals surface area contributed by atoms with Crippen molar-refractivity contribution in [3.63, 3.8) is 0 Å². The smallest absolute Gasteiger partial charge is 0.269 e. The highest BCUT2D eigenvalue weighted by molar-refractivity contribution is 6.09. The minimum atomic E-state index is -0.378. The molecule has 0 saturated heterocycles. The van der Waals surface area contributed by atoms with Gasteiger partial charge in [0, 0.05) is 33.9 Å². The van der Waals surface area contributed by atoms with Crippen molar-refractivity contribution in [2.45, 2.75) is 169 Å². The van der Waals surface area contributed by atoms with Crippen molar-refractivity contribution in [3.05, 3.63) is 208 Å². The topological polar surface area (TPSA) is 35.9 Å². The third kappa shape index (κ3) is 10.2. The van der Waals surface area contributed by atoms with Crippen molar-refractivity contribution >= 4 is 21.8 Å². The maximum absolute atomic E-state index is 7.26. The van der Waals surface area contributed by atoms with Crippen LogP contribution >= 0.6 is 0 Å². The molecule has 0 saturated carbocycles. The number of aromatic nitrogens is 4. The summed E-state index contributed by atoms with van der Waals surface area (Å²) >= 11 is 0. The van der Waals surface area contributed by atoms with Crippen LogP contribution in [-0.2, 0) is 37.9 Å². The number of pyridine rings is 1. The molecule has 5 nitrogen and oxygen atoms in total. The van der Waals surface area contributed by atoms with Crippen molar-refractivity contribution in [2.75, 3.05) is 0 Å². The van der Waals surface area contributed by atoms with Crippen LogP contribution in [0.5, 0.6) is 11.5 Å². The zero-order valence-electron chi connectivity index (χ0n) is 48.6. The molecule has 388 valence electrons. The molecule has 3 aromatic heterocycles. The summed E-state index contributed by atoms with van der Waals surface area (Å²) in [6.07, 6.45) is 6.01. The first-order valence-corrected chi connectivity index (χ1v) is 27.1. The standard InChI is InChI=1S/C70H82N4O/c1-64(2,3)48-30-33-59-58(41-48)57-32-31-55(44-60(57)74(59)61-42-49(34-35-71-61)65(4,5)6)75-56-40-52(70(18,19)47-28-24-21-25-29-47)39-54(43-56)73-45-72(62(67(10,11)12)63(73)68(13,14)15)53-37-50(66(7,8)9)36-51(38-53)69(16,17)46-26-22-20-23-27-46/h20-44H,1-19H3. The van der Waals surface area contributed by atoms with Crippen LogP contribution in [-0.4, -0.2) is 14.1 Å². The van der Waals surface area contributed by atoms with E-state index in [9.17, 15) is 0 Å². The molecule has 0 amide bonds. The molecule has 75 heavy (non-hydrogen) atoms. The average molecular weight is 995 g/mol. The highest BCUT2D eigenvalue weighted by Crippen LogP contribution is 2.43. The maximum atomic E-state index is 7.26. The molecule has 0 aliphatic heterocycles. The Morgan fingerprint density at radius 1 is 0.413 bits per heavy atom. The Morgan fingerprint density at radius 2 is 0.973 bits per heavy atom. The van der Waals surface area contributed by atoms with Gasteiger partial charge in [-0.3, -0.25) is 13.7 Å². The lowest BCUT2D eigenvalue weighted by atomic mass is 9.75. The summed E-state index contributed by atoms with van der Waals surface area (Å²) in [5.74, 6) is 2.39. The third-order valence-electron chi connectivity index (χ3n) is 15.6. The molecule has 0 aliphatic carbocycles. The third-order valence-corrected chi connectivity index (χ3v) is 15.6. The number of hydrogen-bond donors (Lipinski definition) is 0. The number of ether oxygens (including phenoxy) is 1. The summed E-state index contributed by atoms with van der Waals surface area (Å²) in [5, 5.41) is 2.36. The molecule has 0 atom stereocenters. The van der Waals surface area contributed by atoms with Gasteiger partial charge in [0.2, 0.25) is 0 Å². The zero-order valence-corrected chi connectivity index (χ0v) is 48.6. The van der Waals surface area contributed by atoms with Crippen LogP contribution in [0, 0.1) is 6.33 Å². The summed E-state index contributed by atoms with van der Waals surface area (Å²) in [6.45, 7) is 43.9. The lowest BCUT2D eigenvalue weighted by molar-refractivity contribution is -0.611. The normalized spacial score (nSPS) is 13.3.